The Balaban J connectivity index is -0.00000000962. The monoisotopic (exact) mass is 568 g/mol. The quantitative estimate of drug-likeness (QED) is 0.235. The number of unbranched alkanes of at least 4 members (excludes halogenated alkanes) is 2. The zero-order chi connectivity index (χ0) is 14.4. The van der Waals surface area contributed by atoms with Crippen molar-refractivity contribution in [1.29, 1.82) is 0 Å². The Hall–Kier alpha value is 2.27. The Kier molecular flexibility index (Phi) is 351. The van der Waals surface area contributed by atoms with Crippen LogP contribution in [0.5, 0.6) is 0 Å². The summed E-state index contributed by atoms with van der Waals surface area (Å²) in [6.45, 7) is 23.5. The molecule has 0 bridgehead atoms. The van der Waals surface area contributed by atoms with Crippen molar-refractivity contribution in [3.8, 4) is 0 Å². The van der Waals surface area contributed by atoms with E-state index in [4.69, 9.17) is 0 Å². The summed E-state index contributed by atoms with van der Waals surface area (Å²) < 4.78 is 0. The Morgan fingerprint density at radius 3 is 1.08 bits per heavy atom. The van der Waals surface area contributed by atoms with E-state index in [1.807, 2.05) is 12.2 Å². The predicted octanol–water partition coefficient (Wildman–Crippen LogP) is 8.92. The van der Waals surface area contributed by atoms with Gasteiger partial charge in [0, 0.05) is 98.1 Å². The van der Waals surface area contributed by atoms with Crippen LogP contribution in [0.15, 0.2) is 37.5 Å². The van der Waals surface area contributed by atoms with Gasteiger partial charge in [0.2, 0.25) is 0 Å². The maximum absolute atomic E-state index is 3.68. The number of rotatable bonds is 4. The largest absolute Gasteiger partial charge is 0.343 e. The van der Waals surface area contributed by atoms with Crippen LogP contribution in [0, 0.1) is 20.8 Å². The predicted molar refractivity (Wildman–Crippen MR) is 113 cm³/mol. The minimum absolute atomic E-state index is 0. The molecule has 0 N–H and O–H groups in total. The Bertz CT molecular complexity index is 131. The minimum atomic E-state index is 0. The number of hydrogen-bond acceptors (Lipinski definition) is 0. The van der Waals surface area contributed by atoms with Crippen LogP contribution in [0.4, 0.5) is 0 Å². The van der Waals surface area contributed by atoms with Gasteiger partial charge in [0.05, 0.1) is 0 Å². The number of allylic oxidation sites excluding steroid dienone is 4. The van der Waals surface area contributed by atoms with E-state index in [0.717, 1.165) is 19.3 Å². The minimum Gasteiger partial charge on any atom is -0.343 e. The van der Waals surface area contributed by atoms with Gasteiger partial charge in [-0.3, -0.25) is 0 Å². The molecule has 0 aromatic carbocycles. The Morgan fingerprint density at radius 1 is 0.792 bits per heavy atom. The molecule has 145 valence electrons. The van der Waals surface area contributed by atoms with Gasteiger partial charge in [0.25, 0.3) is 0 Å². The van der Waals surface area contributed by atoms with Crippen LogP contribution in [-0.4, -0.2) is 0 Å². The first-order valence-corrected chi connectivity index (χ1v) is 6.40. The van der Waals surface area contributed by atoms with Gasteiger partial charge in [-0.05, 0) is 6.42 Å². The van der Waals surface area contributed by atoms with Crippen molar-refractivity contribution < 1.29 is 98.1 Å². The van der Waals surface area contributed by atoms with Gasteiger partial charge >= 0.3 is 0 Å². The topological polar surface area (TPSA) is 0 Å². The summed E-state index contributed by atoms with van der Waals surface area (Å²) in [7, 11) is 0. The average molecular weight is 568 g/mol. The average Bonchev–Trinajstić information content (AvgIpc) is 2.33. The SMILES string of the molecule is C.C.C.C.C=CCC.C=C[CH2-].[CH2-]/C=C/CC.[CH2-]CCCC.[Y].[Y].[Y]. The van der Waals surface area contributed by atoms with Crippen LogP contribution < -0.4 is 0 Å². The molecular weight excluding hydrogens is 519 g/mol. The molecule has 3 radical (unpaired) electrons. The molecule has 0 aliphatic heterocycles. The fourth-order valence-corrected chi connectivity index (χ4v) is 0.417. The van der Waals surface area contributed by atoms with Crippen molar-refractivity contribution in [3.05, 3.63) is 58.2 Å². The third-order valence-corrected chi connectivity index (χ3v) is 1.29. The second-order valence-corrected chi connectivity index (χ2v) is 3.07. The van der Waals surface area contributed by atoms with Crippen molar-refractivity contribution in [2.24, 2.45) is 0 Å². The first-order chi connectivity index (χ1) is 8.16. The zero-order valence-corrected chi connectivity index (χ0v) is 22.6. The molecule has 0 rings (SSSR count). The molecule has 0 saturated heterocycles. The van der Waals surface area contributed by atoms with Crippen LogP contribution in [0.3, 0.4) is 0 Å². The molecule has 0 aromatic rings. The van der Waals surface area contributed by atoms with Gasteiger partial charge in [-0.15, -0.1) is 13.0 Å². The summed E-state index contributed by atoms with van der Waals surface area (Å²) in [5, 5.41) is 0. The van der Waals surface area contributed by atoms with E-state index in [0.29, 0.717) is 0 Å². The van der Waals surface area contributed by atoms with E-state index in [1.54, 1.807) is 6.08 Å². The van der Waals surface area contributed by atoms with E-state index in [2.05, 4.69) is 54.7 Å². The van der Waals surface area contributed by atoms with Crippen LogP contribution >= 0.6 is 0 Å². The van der Waals surface area contributed by atoms with Crippen molar-refractivity contribution >= 4 is 0 Å². The molecule has 0 spiro atoms. The molecule has 0 unspecified atom stereocenters. The summed E-state index contributed by atoms with van der Waals surface area (Å²) in [5.41, 5.74) is 0. The molecular formula is C21H49Y3-3. The van der Waals surface area contributed by atoms with E-state index in [-0.39, 0.29) is 128 Å². The summed E-state index contributed by atoms with van der Waals surface area (Å²) in [6, 6.07) is 0. The third-order valence-electron chi connectivity index (χ3n) is 1.29. The van der Waals surface area contributed by atoms with Crippen LogP contribution in [-0.2, 0) is 98.1 Å². The fraction of sp³-hybridized carbons (Fsp3) is 0.571. The van der Waals surface area contributed by atoms with Crippen LogP contribution in [0.1, 0.15) is 82.6 Å². The maximum atomic E-state index is 3.68. The first-order valence-electron chi connectivity index (χ1n) is 6.40. The van der Waals surface area contributed by atoms with Crippen LogP contribution in [0.25, 0.3) is 0 Å². The molecule has 24 heavy (non-hydrogen) atoms. The molecule has 0 amide bonds. The van der Waals surface area contributed by atoms with E-state index < -0.39 is 0 Å². The Morgan fingerprint density at radius 2 is 1.08 bits per heavy atom. The van der Waals surface area contributed by atoms with Crippen molar-refractivity contribution in [2.75, 3.05) is 0 Å². The third kappa shape index (κ3) is 249. The maximum Gasteiger partial charge on any atom is 0 e. The second kappa shape index (κ2) is 117. The van der Waals surface area contributed by atoms with E-state index in [9.17, 15) is 0 Å². The summed E-state index contributed by atoms with van der Waals surface area (Å²) in [4.78, 5) is 0. The number of hydrogen-bond donors (Lipinski definition) is 0. The van der Waals surface area contributed by atoms with Gasteiger partial charge in [0.1, 0.15) is 0 Å². The van der Waals surface area contributed by atoms with Gasteiger partial charge in [0.15, 0.2) is 0 Å². The zero-order valence-electron chi connectivity index (χ0n) is 14.1. The molecule has 3 heteroatoms. The standard InChI is InChI=1S/C5H11.C5H9.C4H8.C3H5.4CH4.3Y/c2*1-3-5-4-2;1-3-4-2;1-3-2;;;;;;;/h1,3-5H2,2H3;3,5H,1,4H2,2H3;3H,1,4H2,2H3;3H,1-2H2;4*1H4;;;/q2*-1;;-1;;;;;;;/b;5-3+;;;;;;;;;. The van der Waals surface area contributed by atoms with Crippen molar-refractivity contribution in [2.45, 2.75) is 82.6 Å². The van der Waals surface area contributed by atoms with E-state index in [1.165, 1.54) is 18.9 Å². The molecule has 0 nitrogen and oxygen atoms in total. The van der Waals surface area contributed by atoms with Gasteiger partial charge in [-0.25, -0.2) is 38.7 Å². The molecule has 0 fully saturated rings. The van der Waals surface area contributed by atoms with E-state index >= 15 is 0 Å². The van der Waals surface area contributed by atoms with Gasteiger partial charge in [-0.1, -0.05) is 69.4 Å². The Labute approximate surface area is 235 Å². The molecule has 0 heterocycles. The molecule has 0 aliphatic rings. The summed E-state index contributed by atoms with van der Waals surface area (Å²) >= 11 is 0. The van der Waals surface area contributed by atoms with Crippen LogP contribution in [0.2, 0.25) is 0 Å². The molecule has 0 saturated carbocycles. The smallest absolute Gasteiger partial charge is 0 e. The first kappa shape index (κ1) is 71.9. The van der Waals surface area contributed by atoms with Gasteiger partial charge in [-0.2, -0.15) is 6.42 Å². The van der Waals surface area contributed by atoms with Gasteiger partial charge < -0.3 is 6.92 Å². The molecule has 0 aliphatic carbocycles. The summed E-state index contributed by atoms with van der Waals surface area (Å²) in [5.74, 6) is 0. The molecule has 0 atom stereocenters. The second-order valence-electron chi connectivity index (χ2n) is 3.07. The fourth-order valence-electron chi connectivity index (χ4n) is 0.417. The van der Waals surface area contributed by atoms with Crippen molar-refractivity contribution in [1.82, 2.24) is 0 Å². The molecule has 0 aromatic heterocycles. The summed E-state index contributed by atoms with van der Waals surface area (Å²) in [6.07, 6.45) is 13.0. The van der Waals surface area contributed by atoms with Crippen molar-refractivity contribution in [3.63, 3.8) is 0 Å². The normalized spacial score (nSPS) is 5.33.